The fraction of sp³-hybridized carbons (Fsp3) is 0.391. The fourth-order valence-corrected chi connectivity index (χ4v) is 4.28. The van der Waals surface area contributed by atoms with E-state index in [1.165, 1.54) is 0 Å². The summed E-state index contributed by atoms with van der Waals surface area (Å²) in [5, 5.41) is 8.84. The highest BCUT2D eigenvalue weighted by molar-refractivity contribution is 5.96. The molecule has 0 radical (unpaired) electrons. The number of carbonyl (C=O) groups excluding carboxylic acids is 1. The second-order valence-electron chi connectivity index (χ2n) is 7.74. The van der Waals surface area contributed by atoms with E-state index in [1.807, 2.05) is 18.3 Å². The number of piperidine rings is 1. The molecule has 8 heteroatoms. The highest BCUT2D eigenvalue weighted by Gasteiger charge is 2.23. The molecule has 1 amide bonds. The van der Waals surface area contributed by atoms with Crippen molar-refractivity contribution in [3.63, 3.8) is 0 Å². The van der Waals surface area contributed by atoms with E-state index < -0.39 is 5.91 Å². The van der Waals surface area contributed by atoms with Gasteiger partial charge in [-0.15, -0.1) is 0 Å². The maximum absolute atomic E-state index is 11.7. The molecule has 31 heavy (non-hydrogen) atoms. The number of rotatable bonds is 6. The standard InChI is InChI=1S/C23H28N6O2/c1-3-28(4-2)18-9-11-29(12-10-18)22-8-6-17(14-25-22)21-15-24-19-7-5-16(23(30)27-31)13-20(19)26-21/h5-8,13-15,18,31H,3-4,9-12H2,1-2H3,(H,27,30). The van der Waals surface area contributed by atoms with Crippen LogP contribution in [-0.2, 0) is 0 Å². The van der Waals surface area contributed by atoms with Gasteiger partial charge < -0.3 is 9.80 Å². The first-order valence-corrected chi connectivity index (χ1v) is 10.8. The van der Waals surface area contributed by atoms with Crippen molar-refractivity contribution in [1.29, 1.82) is 0 Å². The second-order valence-corrected chi connectivity index (χ2v) is 7.74. The minimum atomic E-state index is -0.579. The van der Waals surface area contributed by atoms with Gasteiger partial charge in [0.2, 0.25) is 0 Å². The van der Waals surface area contributed by atoms with Gasteiger partial charge in [-0.1, -0.05) is 13.8 Å². The van der Waals surface area contributed by atoms with Crippen molar-refractivity contribution in [2.75, 3.05) is 31.1 Å². The molecule has 1 aliphatic rings. The van der Waals surface area contributed by atoms with Crippen LogP contribution in [0.15, 0.2) is 42.7 Å². The molecule has 1 aromatic carbocycles. The van der Waals surface area contributed by atoms with Crippen molar-refractivity contribution in [2.24, 2.45) is 0 Å². The average Bonchev–Trinajstić information content (AvgIpc) is 2.84. The van der Waals surface area contributed by atoms with E-state index in [0.29, 0.717) is 28.3 Å². The predicted molar refractivity (Wildman–Crippen MR) is 120 cm³/mol. The lowest BCUT2D eigenvalue weighted by Crippen LogP contribution is -2.45. The number of nitrogens with zero attached hydrogens (tertiary/aromatic N) is 5. The summed E-state index contributed by atoms with van der Waals surface area (Å²) < 4.78 is 0. The Hall–Kier alpha value is -3.10. The molecule has 0 atom stereocenters. The monoisotopic (exact) mass is 420 g/mol. The van der Waals surface area contributed by atoms with Crippen molar-refractivity contribution < 1.29 is 10.0 Å². The summed E-state index contributed by atoms with van der Waals surface area (Å²) in [4.78, 5) is 30.3. The molecule has 0 unspecified atom stereocenters. The number of aromatic nitrogens is 3. The normalized spacial score (nSPS) is 14.9. The molecule has 3 heterocycles. The van der Waals surface area contributed by atoms with Crippen LogP contribution >= 0.6 is 0 Å². The van der Waals surface area contributed by atoms with Crippen LogP contribution in [0.1, 0.15) is 37.0 Å². The minimum absolute atomic E-state index is 0.322. The Morgan fingerprint density at radius 3 is 2.52 bits per heavy atom. The van der Waals surface area contributed by atoms with Crippen LogP contribution in [-0.4, -0.2) is 63.2 Å². The molecular formula is C23H28N6O2. The van der Waals surface area contributed by atoms with Crippen LogP contribution in [0.4, 0.5) is 5.82 Å². The van der Waals surface area contributed by atoms with Gasteiger partial charge in [0, 0.05) is 36.5 Å². The van der Waals surface area contributed by atoms with E-state index in [0.717, 1.165) is 50.4 Å². The molecule has 1 aliphatic heterocycles. The molecule has 3 aromatic rings. The first-order valence-electron chi connectivity index (χ1n) is 10.8. The first-order chi connectivity index (χ1) is 15.1. The third kappa shape index (κ3) is 4.50. The Balaban J connectivity index is 1.49. The number of carbonyl (C=O) groups is 1. The van der Waals surface area contributed by atoms with Gasteiger partial charge in [0.1, 0.15) is 5.82 Å². The van der Waals surface area contributed by atoms with Crippen LogP contribution in [0.25, 0.3) is 22.3 Å². The Morgan fingerprint density at radius 1 is 1.10 bits per heavy atom. The average molecular weight is 421 g/mol. The zero-order valence-electron chi connectivity index (χ0n) is 18.0. The van der Waals surface area contributed by atoms with Crippen molar-refractivity contribution in [1.82, 2.24) is 25.3 Å². The predicted octanol–water partition coefficient (Wildman–Crippen LogP) is 3.12. The van der Waals surface area contributed by atoms with Gasteiger partial charge in [-0.05, 0) is 56.3 Å². The SMILES string of the molecule is CCN(CC)C1CCN(c2ccc(-c3cnc4ccc(C(=O)NO)cc4n3)cn2)CC1. The number of amides is 1. The summed E-state index contributed by atoms with van der Waals surface area (Å²) >= 11 is 0. The Bertz CT molecular complexity index is 1040. The molecule has 1 saturated heterocycles. The van der Waals surface area contributed by atoms with Gasteiger partial charge in [-0.25, -0.2) is 15.4 Å². The number of fused-ring (bicyclic) bond motifs is 1. The number of hydroxylamine groups is 1. The second kappa shape index (κ2) is 9.36. The quantitative estimate of drug-likeness (QED) is 0.467. The van der Waals surface area contributed by atoms with Crippen molar-refractivity contribution in [3.05, 3.63) is 48.3 Å². The molecule has 2 N–H and O–H groups in total. The van der Waals surface area contributed by atoms with Gasteiger partial charge in [-0.2, -0.15) is 0 Å². The maximum atomic E-state index is 11.7. The molecule has 0 spiro atoms. The molecule has 1 fully saturated rings. The van der Waals surface area contributed by atoms with Crippen LogP contribution in [0, 0.1) is 0 Å². The van der Waals surface area contributed by atoms with Gasteiger partial charge in [0.15, 0.2) is 0 Å². The van der Waals surface area contributed by atoms with Crippen molar-refractivity contribution >= 4 is 22.8 Å². The summed E-state index contributed by atoms with van der Waals surface area (Å²) in [5.74, 6) is 0.405. The third-order valence-electron chi connectivity index (χ3n) is 6.07. The minimum Gasteiger partial charge on any atom is -0.357 e. The van der Waals surface area contributed by atoms with Gasteiger partial charge >= 0.3 is 0 Å². The largest absolute Gasteiger partial charge is 0.357 e. The molecule has 0 bridgehead atoms. The summed E-state index contributed by atoms with van der Waals surface area (Å²) in [6.45, 7) is 8.69. The van der Waals surface area contributed by atoms with Crippen LogP contribution in [0.2, 0.25) is 0 Å². The number of nitrogens with one attached hydrogen (secondary N) is 1. The van der Waals surface area contributed by atoms with Crippen LogP contribution in [0.5, 0.6) is 0 Å². The van der Waals surface area contributed by atoms with Crippen molar-refractivity contribution in [3.8, 4) is 11.3 Å². The van der Waals surface area contributed by atoms with E-state index in [-0.39, 0.29) is 0 Å². The van der Waals surface area contributed by atoms with E-state index in [2.05, 4.69) is 38.6 Å². The molecular weight excluding hydrogens is 392 g/mol. The lowest BCUT2D eigenvalue weighted by atomic mass is 10.0. The van der Waals surface area contributed by atoms with Crippen molar-refractivity contribution in [2.45, 2.75) is 32.7 Å². The highest BCUT2D eigenvalue weighted by Crippen LogP contribution is 2.24. The highest BCUT2D eigenvalue weighted by atomic mass is 16.5. The maximum Gasteiger partial charge on any atom is 0.274 e. The van der Waals surface area contributed by atoms with Gasteiger partial charge in [0.05, 0.1) is 22.9 Å². The van der Waals surface area contributed by atoms with E-state index >= 15 is 0 Å². The number of pyridine rings is 1. The number of benzene rings is 1. The lowest BCUT2D eigenvalue weighted by molar-refractivity contribution is 0.0706. The fourth-order valence-electron chi connectivity index (χ4n) is 4.28. The summed E-state index contributed by atoms with van der Waals surface area (Å²) in [7, 11) is 0. The van der Waals surface area contributed by atoms with Gasteiger partial charge in [-0.3, -0.25) is 15.0 Å². The van der Waals surface area contributed by atoms with Crippen LogP contribution in [0.3, 0.4) is 0 Å². The Morgan fingerprint density at radius 2 is 1.87 bits per heavy atom. The van der Waals surface area contributed by atoms with E-state index in [1.54, 1.807) is 29.9 Å². The Labute approximate surface area is 181 Å². The summed E-state index contributed by atoms with van der Waals surface area (Å²) in [6.07, 6.45) is 5.85. The molecule has 0 saturated carbocycles. The van der Waals surface area contributed by atoms with E-state index in [4.69, 9.17) is 5.21 Å². The smallest absolute Gasteiger partial charge is 0.274 e. The topological polar surface area (TPSA) is 94.5 Å². The molecule has 2 aromatic heterocycles. The first kappa shape index (κ1) is 21.1. The molecule has 4 rings (SSSR count). The lowest BCUT2D eigenvalue weighted by Gasteiger charge is -2.38. The summed E-state index contributed by atoms with van der Waals surface area (Å²) in [6, 6.07) is 9.63. The van der Waals surface area contributed by atoms with E-state index in [9.17, 15) is 4.79 Å². The van der Waals surface area contributed by atoms with Crippen LogP contribution < -0.4 is 10.4 Å². The number of hydrogen-bond donors (Lipinski definition) is 2. The zero-order chi connectivity index (χ0) is 21.8. The number of anilines is 1. The van der Waals surface area contributed by atoms with Gasteiger partial charge in [0.25, 0.3) is 5.91 Å². The zero-order valence-corrected chi connectivity index (χ0v) is 18.0. The molecule has 8 nitrogen and oxygen atoms in total. The Kier molecular flexibility index (Phi) is 6.39. The molecule has 0 aliphatic carbocycles. The number of hydrogen-bond acceptors (Lipinski definition) is 7. The third-order valence-corrected chi connectivity index (χ3v) is 6.07. The molecule has 162 valence electrons. The summed E-state index contributed by atoms with van der Waals surface area (Å²) in [5.41, 5.74) is 4.78.